The van der Waals surface area contributed by atoms with Crippen LogP contribution < -0.4 is 0 Å². The Morgan fingerprint density at radius 2 is 1.54 bits per heavy atom. The molecule has 3 aromatic rings. The lowest BCUT2D eigenvalue weighted by Crippen LogP contribution is -2.48. The van der Waals surface area contributed by atoms with Gasteiger partial charge >= 0.3 is 0 Å². The maximum atomic E-state index is 13.1. The molecule has 128 valence electrons. The number of hydrogen-bond donors (Lipinski definition) is 1. The third-order valence-corrected chi connectivity index (χ3v) is 4.71. The minimum atomic E-state index is -1.84. The minimum Gasteiger partial charge on any atom is -0.363 e. The van der Waals surface area contributed by atoms with Crippen LogP contribution in [-0.4, -0.2) is 21.8 Å². The number of nitrogens with zero attached hydrogens (tertiary/aromatic N) is 1. The molecular formula is C22H17NO3. The number of carbonyl (C=O) groups is 2. The molecule has 0 aromatic heterocycles. The second kappa shape index (κ2) is 5.93. The summed E-state index contributed by atoms with van der Waals surface area (Å²) in [7, 11) is 0. The summed E-state index contributed by atoms with van der Waals surface area (Å²) in [6.07, 6.45) is 0. The Morgan fingerprint density at radius 1 is 0.923 bits per heavy atom. The molecule has 0 radical (unpaired) electrons. The highest BCUT2D eigenvalue weighted by atomic mass is 16.3. The van der Waals surface area contributed by atoms with Gasteiger partial charge < -0.3 is 5.11 Å². The zero-order valence-corrected chi connectivity index (χ0v) is 14.2. The smallest absolute Gasteiger partial charge is 0.264 e. The van der Waals surface area contributed by atoms with Crippen LogP contribution in [0.4, 0.5) is 0 Å². The normalized spacial score (nSPS) is 18.7. The molecule has 0 aliphatic carbocycles. The van der Waals surface area contributed by atoms with E-state index in [2.05, 4.69) is 0 Å². The molecule has 0 spiro atoms. The lowest BCUT2D eigenvalue weighted by atomic mass is 9.92. The molecule has 4 heteroatoms. The summed E-state index contributed by atoms with van der Waals surface area (Å²) < 4.78 is 0. The van der Waals surface area contributed by atoms with Crippen LogP contribution in [-0.2, 0) is 5.72 Å². The fraction of sp³-hybridized carbons (Fsp3) is 0.0909. The fourth-order valence-corrected chi connectivity index (χ4v) is 3.43. The van der Waals surface area contributed by atoms with Crippen molar-refractivity contribution in [3.63, 3.8) is 0 Å². The molecule has 0 saturated heterocycles. The summed E-state index contributed by atoms with van der Waals surface area (Å²) >= 11 is 0. The number of hydrogen-bond acceptors (Lipinski definition) is 3. The predicted molar refractivity (Wildman–Crippen MR) is 97.6 cm³/mol. The van der Waals surface area contributed by atoms with E-state index in [-0.39, 0.29) is 0 Å². The number of imide groups is 1. The third-order valence-electron chi connectivity index (χ3n) is 4.71. The quantitative estimate of drug-likeness (QED) is 0.725. The summed E-state index contributed by atoms with van der Waals surface area (Å²) in [5.74, 6) is -1.03. The minimum absolute atomic E-state index is 0.347. The van der Waals surface area contributed by atoms with Crippen LogP contribution in [0.1, 0.15) is 37.4 Å². The van der Waals surface area contributed by atoms with E-state index in [0.29, 0.717) is 22.3 Å². The van der Waals surface area contributed by atoms with E-state index in [0.717, 1.165) is 10.5 Å². The topological polar surface area (TPSA) is 57.6 Å². The van der Waals surface area contributed by atoms with Gasteiger partial charge in [-0.25, -0.2) is 4.90 Å². The van der Waals surface area contributed by atoms with Crippen LogP contribution in [0, 0.1) is 6.92 Å². The molecule has 1 atom stereocenters. The molecule has 1 aliphatic rings. The van der Waals surface area contributed by atoms with Gasteiger partial charge in [0, 0.05) is 22.3 Å². The highest BCUT2D eigenvalue weighted by molar-refractivity contribution is 6.14. The van der Waals surface area contributed by atoms with Crippen molar-refractivity contribution in [3.8, 4) is 0 Å². The highest BCUT2D eigenvalue weighted by Gasteiger charge is 2.53. The molecular weight excluding hydrogens is 326 g/mol. The van der Waals surface area contributed by atoms with Crippen molar-refractivity contribution >= 4 is 11.8 Å². The fourth-order valence-electron chi connectivity index (χ4n) is 3.43. The van der Waals surface area contributed by atoms with Crippen LogP contribution in [0.15, 0.2) is 78.9 Å². The van der Waals surface area contributed by atoms with E-state index in [9.17, 15) is 14.7 Å². The van der Waals surface area contributed by atoms with Gasteiger partial charge in [-0.05, 0) is 25.1 Å². The van der Waals surface area contributed by atoms with Gasteiger partial charge in [-0.15, -0.1) is 0 Å². The average molecular weight is 343 g/mol. The van der Waals surface area contributed by atoms with Crippen molar-refractivity contribution in [2.45, 2.75) is 12.6 Å². The molecule has 4 nitrogen and oxygen atoms in total. The first-order valence-electron chi connectivity index (χ1n) is 8.36. The first kappa shape index (κ1) is 16.2. The van der Waals surface area contributed by atoms with Crippen molar-refractivity contribution in [2.24, 2.45) is 0 Å². The second-order valence-electron chi connectivity index (χ2n) is 6.40. The molecule has 1 unspecified atom stereocenters. The third kappa shape index (κ3) is 2.27. The molecule has 0 fully saturated rings. The molecule has 2 amide bonds. The van der Waals surface area contributed by atoms with Gasteiger partial charge in [-0.1, -0.05) is 66.2 Å². The van der Waals surface area contributed by atoms with Crippen molar-refractivity contribution in [2.75, 3.05) is 0 Å². The van der Waals surface area contributed by atoms with Gasteiger partial charge in [0.25, 0.3) is 11.8 Å². The summed E-state index contributed by atoms with van der Waals surface area (Å²) in [5, 5.41) is 11.7. The van der Waals surface area contributed by atoms with Gasteiger partial charge in [0.15, 0.2) is 0 Å². The Morgan fingerprint density at radius 3 is 2.19 bits per heavy atom. The molecule has 1 heterocycles. The number of fused-ring (bicyclic) bond motifs is 1. The van der Waals surface area contributed by atoms with Gasteiger partial charge in [0.2, 0.25) is 5.72 Å². The van der Waals surface area contributed by atoms with Gasteiger partial charge in [0.05, 0.1) is 0 Å². The largest absolute Gasteiger partial charge is 0.363 e. The average Bonchev–Trinajstić information content (AvgIpc) is 2.90. The standard InChI is InChI=1S/C22H17NO3/c1-15-12-13-19-18(14-15)21(25)23(20(24)16-8-4-2-5-9-16)22(19,26)17-10-6-3-7-11-17/h2-14,26H,1H3. The Balaban J connectivity index is 1.95. The molecule has 1 aliphatic heterocycles. The Bertz CT molecular complexity index is 998. The maximum Gasteiger partial charge on any atom is 0.264 e. The number of aryl methyl sites for hydroxylation is 1. The number of rotatable bonds is 2. The van der Waals surface area contributed by atoms with E-state index in [1.165, 1.54) is 0 Å². The van der Waals surface area contributed by atoms with Crippen molar-refractivity contribution in [3.05, 3.63) is 107 Å². The van der Waals surface area contributed by atoms with Crippen molar-refractivity contribution < 1.29 is 14.7 Å². The summed E-state index contributed by atoms with van der Waals surface area (Å²) in [4.78, 5) is 27.2. The zero-order chi connectivity index (χ0) is 18.3. The summed E-state index contributed by atoms with van der Waals surface area (Å²) in [6.45, 7) is 1.87. The SMILES string of the molecule is Cc1ccc2c(c1)C(=O)N(C(=O)c1ccccc1)C2(O)c1ccccc1. The Kier molecular flexibility index (Phi) is 3.71. The second-order valence-corrected chi connectivity index (χ2v) is 6.40. The van der Waals surface area contributed by atoms with E-state index < -0.39 is 17.5 Å². The number of amides is 2. The van der Waals surface area contributed by atoms with E-state index in [4.69, 9.17) is 0 Å². The molecule has 26 heavy (non-hydrogen) atoms. The van der Waals surface area contributed by atoms with Crippen molar-refractivity contribution in [1.82, 2.24) is 4.90 Å². The molecule has 1 N–H and O–H groups in total. The molecule has 3 aromatic carbocycles. The Labute approximate surface area is 151 Å². The van der Waals surface area contributed by atoms with E-state index in [1.54, 1.807) is 66.7 Å². The highest BCUT2D eigenvalue weighted by Crippen LogP contribution is 2.43. The number of benzene rings is 3. The van der Waals surface area contributed by atoms with Crippen LogP contribution in [0.5, 0.6) is 0 Å². The first-order chi connectivity index (χ1) is 12.5. The lowest BCUT2D eigenvalue weighted by molar-refractivity contribution is -0.0362. The van der Waals surface area contributed by atoms with Crippen LogP contribution in [0.3, 0.4) is 0 Å². The van der Waals surface area contributed by atoms with Crippen LogP contribution in [0.2, 0.25) is 0 Å². The van der Waals surface area contributed by atoms with E-state index in [1.807, 2.05) is 19.1 Å². The lowest BCUT2D eigenvalue weighted by Gasteiger charge is -2.33. The number of aliphatic hydroxyl groups is 1. The molecule has 4 rings (SSSR count). The maximum absolute atomic E-state index is 13.1. The van der Waals surface area contributed by atoms with Gasteiger partial charge in [-0.2, -0.15) is 0 Å². The zero-order valence-electron chi connectivity index (χ0n) is 14.2. The Hall–Kier alpha value is -3.24. The van der Waals surface area contributed by atoms with E-state index >= 15 is 0 Å². The monoisotopic (exact) mass is 343 g/mol. The molecule has 0 saturated carbocycles. The predicted octanol–water partition coefficient (Wildman–Crippen LogP) is 3.48. The van der Waals surface area contributed by atoms with Crippen LogP contribution in [0.25, 0.3) is 0 Å². The molecule has 0 bridgehead atoms. The van der Waals surface area contributed by atoms with Gasteiger partial charge in [-0.3, -0.25) is 9.59 Å². The summed E-state index contributed by atoms with van der Waals surface area (Å²) in [6, 6.07) is 22.6. The number of carbonyl (C=O) groups excluding carboxylic acids is 2. The summed E-state index contributed by atoms with van der Waals surface area (Å²) in [5.41, 5.74) is 0.639. The van der Waals surface area contributed by atoms with Crippen LogP contribution >= 0.6 is 0 Å². The van der Waals surface area contributed by atoms with Crippen molar-refractivity contribution in [1.29, 1.82) is 0 Å². The first-order valence-corrected chi connectivity index (χ1v) is 8.36. The van der Waals surface area contributed by atoms with Gasteiger partial charge in [0.1, 0.15) is 0 Å².